The fourth-order valence-corrected chi connectivity index (χ4v) is 2.02. The molecule has 0 amide bonds. The Morgan fingerprint density at radius 1 is 1.50 bits per heavy atom. The summed E-state index contributed by atoms with van der Waals surface area (Å²) in [5.41, 5.74) is 1.28. The van der Waals surface area contributed by atoms with Crippen LogP contribution in [-0.4, -0.2) is 20.8 Å². The van der Waals surface area contributed by atoms with Crippen LogP contribution in [0.4, 0.5) is 0 Å². The fourth-order valence-electron chi connectivity index (χ4n) is 1.36. The number of hydrogen-bond acceptors (Lipinski definition) is 4. The summed E-state index contributed by atoms with van der Waals surface area (Å²) in [6, 6.07) is 2.57. The van der Waals surface area contributed by atoms with Gasteiger partial charge in [0.15, 0.2) is 5.82 Å². The molecule has 2 aromatic heterocycles. The first-order chi connectivity index (χ1) is 7.74. The summed E-state index contributed by atoms with van der Waals surface area (Å²) in [5, 5.41) is 11.9. The monoisotopic (exact) mass is 236 g/mol. The van der Waals surface area contributed by atoms with Crippen LogP contribution in [0.2, 0.25) is 0 Å². The lowest BCUT2D eigenvalue weighted by Crippen LogP contribution is -2.22. The molecule has 0 aliphatic carbocycles. The van der Waals surface area contributed by atoms with Gasteiger partial charge in [-0.05, 0) is 22.4 Å². The zero-order valence-electron chi connectivity index (χ0n) is 9.55. The molecule has 0 fully saturated rings. The molecular weight excluding hydrogens is 220 g/mol. The Balaban J connectivity index is 1.92. The Morgan fingerprint density at radius 3 is 3.06 bits per heavy atom. The highest BCUT2D eigenvalue weighted by Gasteiger charge is 2.02. The molecule has 2 heterocycles. The van der Waals surface area contributed by atoms with Crippen molar-refractivity contribution in [1.29, 1.82) is 0 Å². The Bertz CT molecular complexity index is 419. The molecule has 0 spiro atoms. The van der Waals surface area contributed by atoms with Crippen molar-refractivity contribution < 1.29 is 0 Å². The molecular formula is C11H16N4S. The van der Waals surface area contributed by atoms with Crippen LogP contribution >= 0.6 is 11.3 Å². The van der Waals surface area contributed by atoms with E-state index in [1.807, 2.05) is 4.68 Å². The van der Waals surface area contributed by atoms with Gasteiger partial charge in [0.2, 0.25) is 0 Å². The van der Waals surface area contributed by atoms with Crippen LogP contribution in [0.15, 0.2) is 23.2 Å². The number of rotatable bonds is 5. The summed E-state index contributed by atoms with van der Waals surface area (Å²) >= 11 is 1.71. The number of nitrogens with one attached hydrogen (secondary N) is 1. The lowest BCUT2D eigenvalue weighted by Gasteiger charge is -2.04. The molecule has 2 aromatic rings. The minimum atomic E-state index is 0.462. The minimum Gasteiger partial charge on any atom is -0.308 e. The molecule has 0 bridgehead atoms. The van der Waals surface area contributed by atoms with Gasteiger partial charge in [-0.1, -0.05) is 13.8 Å². The summed E-state index contributed by atoms with van der Waals surface area (Å²) in [6.07, 6.45) is 1.79. The van der Waals surface area contributed by atoms with Gasteiger partial charge in [-0.2, -0.15) is 16.4 Å². The van der Waals surface area contributed by atoms with Gasteiger partial charge in [0.05, 0.1) is 13.1 Å². The van der Waals surface area contributed by atoms with E-state index in [1.54, 1.807) is 17.7 Å². The van der Waals surface area contributed by atoms with Crippen molar-refractivity contribution in [2.24, 2.45) is 0 Å². The third kappa shape index (κ3) is 3.15. The van der Waals surface area contributed by atoms with E-state index >= 15 is 0 Å². The van der Waals surface area contributed by atoms with Crippen molar-refractivity contribution in [2.75, 3.05) is 0 Å². The van der Waals surface area contributed by atoms with Crippen molar-refractivity contribution in [3.63, 3.8) is 0 Å². The second kappa shape index (κ2) is 5.23. The Hall–Kier alpha value is -1.20. The molecule has 4 nitrogen and oxygen atoms in total. The molecule has 5 heteroatoms. The maximum absolute atomic E-state index is 4.40. The number of hydrogen-bond donors (Lipinski definition) is 1. The van der Waals surface area contributed by atoms with Crippen LogP contribution in [0.1, 0.15) is 25.2 Å². The van der Waals surface area contributed by atoms with E-state index in [0.29, 0.717) is 6.04 Å². The summed E-state index contributed by atoms with van der Waals surface area (Å²) in [4.78, 5) is 4.26. The fraction of sp³-hybridized carbons (Fsp3) is 0.455. The largest absolute Gasteiger partial charge is 0.308 e. The predicted octanol–water partition coefficient (Wildman–Crippen LogP) is 1.89. The topological polar surface area (TPSA) is 42.7 Å². The van der Waals surface area contributed by atoms with Gasteiger partial charge in [0.25, 0.3) is 0 Å². The number of thiophene rings is 1. The summed E-state index contributed by atoms with van der Waals surface area (Å²) < 4.78 is 1.87. The SMILES string of the molecule is CC(C)NCc1ncn(Cc2ccsc2)n1. The second-order valence-corrected chi connectivity index (χ2v) is 4.81. The molecule has 0 aliphatic heterocycles. The van der Waals surface area contributed by atoms with Gasteiger partial charge < -0.3 is 5.32 Å². The highest BCUT2D eigenvalue weighted by molar-refractivity contribution is 7.07. The molecule has 0 saturated carbocycles. The van der Waals surface area contributed by atoms with Crippen LogP contribution < -0.4 is 5.32 Å². The molecule has 0 radical (unpaired) electrons. The normalized spacial score (nSPS) is 11.2. The first kappa shape index (κ1) is 11.3. The third-order valence-electron chi connectivity index (χ3n) is 2.18. The van der Waals surface area contributed by atoms with E-state index in [1.165, 1.54) is 5.56 Å². The molecule has 0 unspecified atom stereocenters. The first-order valence-electron chi connectivity index (χ1n) is 5.37. The van der Waals surface area contributed by atoms with Crippen LogP contribution in [0.25, 0.3) is 0 Å². The van der Waals surface area contributed by atoms with Crippen LogP contribution in [0.5, 0.6) is 0 Å². The van der Waals surface area contributed by atoms with Crippen molar-refractivity contribution in [2.45, 2.75) is 33.0 Å². The third-order valence-corrected chi connectivity index (χ3v) is 2.91. The molecule has 2 rings (SSSR count). The van der Waals surface area contributed by atoms with Gasteiger partial charge >= 0.3 is 0 Å². The predicted molar refractivity (Wildman–Crippen MR) is 65.4 cm³/mol. The lowest BCUT2D eigenvalue weighted by atomic mass is 10.3. The standard InChI is InChI=1S/C11H16N4S/c1-9(2)12-5-11-13-8-15(14-11)6-10-3-4-16-7-10/h3-4,7-9,12H,5-6H2,1-2H3. The van der Waals surface area contributed by atoms with Gasteiger partial charge in [0.1, 0.15) is 6.33 Å². The van der Waals surface area contributed by atoms with E-state index in [-0.39, 0.29) is 0 Å². The average molecular weight is 236 g/mol. The number of aromatic nitrogens is 3. The van der Waals surface area contributed by atoms with Crippen LogP contribution in [-0.2, 0) is 13.1 Å². The zero-order valence-corrected chi connectivity index (χ0v) is 10.4. The Kier molecular flexibility index (Phi) is 3.69. The minimum absolute atomic E-state index is 0.462. The van der Waals surface area contributed by atoms with Crippen molar-refractivity contribution >= 4 is 11.3 Å². The molecule has 16 heavy (non-hydrogen) atoms. The van der Waals surface area contributed by atoms with Crippen LogP contribution in [0.3, 0.4) is 0 Å². The molecule has 0 atom stereocenters. The maximum Gasteiger partial charge on any atom is 0.164 e. The van der Waals surface area contributed by atoms with Crippen molar-refractivity contribution in [3.8, 4) is 0 Å². The van der Waals surface area contributed by atoms with E-state index in [9.17, 15) is 0 Å². The van der Waals surface area contributed by atoms with E-state index in [2.05, 4.69) is 46.1 Å². The highest BCUT2D eigenvalue weighted by Crippen LogP contribution is 2.07. The second-order valence-electron chi connectivity index (χ2n) is 4.03. The molecule has 0 aliphatic rings. The van der Waals surface area contributed by atoms with Gasteiger partial charge in [-0.3, -0.25) is 0 Å². The van der Waals surface area contributed by atoms with E-state index < -0.39 is 0 Å². The first-order valence-corrected chi connectivity index (χ1v) is 6.31. The Labute approximate surface area is 99.3 Å². The van der Waals surface area contributed by atoms with Crippen molar-refractivity contribution in [1.82, 2.24) is 20.1 Å². The smallest absolute Gasteiger partial charge is 0.164 e. The lowest BCUT2D eigenvalue weighted by molar-refractivity contribution is 0.565. The molecule has 0 saturated heterocycles. The number of nitrogens with zero attached hydrogens (tertiary/aromatic N) is 3. The van der Waals surface area contributed by atoms with Gasteiger partial charge in [0, 0.05) is 6.04 Å². The van der Waals surface area contributed by atoms with Crippen LogP contribution in [0, 0.1) is 0 Å². The van der Waals surface area contributed by atoms with E-state index in [4.69, 9.17) is 0 Å². The summed E-state index contributed by atoms with van der Waals surface area (Å²) in [6.45, 7) is 5.76. The van der Waals surface area contributed by atoms with Gasteiger partial charge in [-0.25, -0.2) is 9.67 Å². The zero-order chi connectivity index (χ0) is 11.4. The van der Waals surface area contributed by atoms with Crippen molar-refractivity contribution in [3.05, 3.63) is 34.5 Å². The molecule has 1 N–H and O–H groups in total. The summed E-state index contributed by atoms with van der Waals surface area (Å²) in [7, 11) is 0. The average Bonchev–Trinajstić information content (AvgIpc) is 2.87. The van der Waals surface area contributed by atoms with Gasteiger partial charge in [-0.15, -0.1) is 0 Å². The highest BCUT2D eigenvalue weighted by atomic mass is 32.1. The van der Waals surface area contributed by atoms with E-state index in [0.717, 1.165) is 18.9 Å². The quantitative estimate of drug-likeness (QED) is 0.862. The Morgan fingerprint density at radius 2 is 2.38 bits per heavy atom. The maximum atomic E-state index is 4.40. The molecule has 86 valence electrons. The summed E-state index contributed by atoms with van der Waals surface area (Å²) in [5.74, 6) is 0.851. The molecule has 0 aromatic carbocycles.